The summed E-state index contributed by atoms with van der Waals surface area (Å²) in [6.07, 6.45) is 0. The number of carbonyl (C=O) groups is 2. The predicted octanol–water partition coefficient (Wildman–Crippen LogP) is 2.17. The third-order valence-corrected chi connectivity index (χ3v) is 4.74. The maximum Gasteiger partial charge on any atom is 0.321 e. The first-order valence-corrected chi connectivity index (χ1v) is 7.62. The van der Waals surface area contributed by atoms with Gasteiger partial charge in [-0.2, -0.15) is 0 Å². The average Bonchev–Trinajstić information content (AvgIpc) is 2.40. The quantitative estimate of drug-likeness (QED) is 0.749. The van der Waals surface area contributed by atoms with Crippen LogP contribution in [0.4, 0.5) is 5.69 Å². The first-order chi connectivity index (χ1) is 9.65. The summed E-state index contributed by atoms with van der Waals surface area (Å²) >= 11 is 1.24. The SMILES string of the molecule is Cc1cccc(C)c1NC(=O)CSC(C)(C)[C@@H](N)C(=O)O. The van der Waals surface area contributed by atoms with Crippen LogP contribution in [-0.2, 0) is 9.59 Å². The van der Waals surface area contributed by atoms with Crippen molar-refractivity contribution in [3.8, 4) is 0 Å². The van der Waals surface area contributed by atoms with E-state index in [0.29, 0.717) is 0 Å². The van der Waals surface area contributed by atoms with Gasteiger partial charge >= 0.3 is 5.97 Å². The van der Waals surface area contributed by atoms with Crippen LogP contribution >= 0.6 is 11.8 Å². The number of aliphatic carboxylic acids is 1. The number of thioether (sulfide) groups is 1. The molecule has 1 atom stereocenters. The van der Waals surface area contributed by atoms with E-state index >= 15 is 0 Å². The molecular formula is C15H22N2O3S. The monoisotopic (exact) mass is 310 g/mol. The summed E-state index contributed by atoms with van der Waals surface area (Å²) in [5.41, 5.74) is 8.43. The minimum atomic E-state index is -1.07. The number of carboxylic acid groups (broad SMARTS) is 1. The highest BCUT2D eigenvalue weighted by atomic mass is 32.2. The summed E-state index contributed by atoms with van der Waals surface area (Å²) < 4.78 is -0.718. The topological polar surface area (TPSA) is 92.4 Å². The summed E-state index contributed by atoms with van der Waals surface area (Å²) in [4.78, 5) is 23.0. The fourth-order valence-electron chi connectivity index (χ4n) is 1.83. The molecule has 5 nitrogen and oxygen atoms in total. The van der Waals surface area contributed by atoms with Gasteiger partial charge < -0.3 is 16.2 Å². The lowest BCUT2D eigenvalue weighted by atomic mass is 10.1. The Morgan fingerprint density at radius 1 is 1.33 bits per heavy atom. The van der Waals surface area contributed by atoms with Crippen molar-refractivity contribution in [2.24, 2.45) is 5.73 Å². The normalized spacial score (nSPS) is 12.8. The molecule has 1 aromatic carbocycles. The van der Waals surface area contributed by atoms with Crippen LogP contribution in [-0.4, -0.2) is 33.5 Å². The number of hydrogen-bond acceptors (Lipinski definition) is 4. The van der Waals surface area contributed by atoms with Gasteiger partial charge in [0.05, 0.1) is 5.75 Å². The van der Waals surface area contributed by atoms with Crippen LogP contribution in [0.3, 0.4) is 0 Å². The number of nitrogens with two attached hydrogens (primary N) is 1. The van der Waals surface area contributed by atoms with E-state index in [1.165, 1.54) is 11.8 Å². The molecule has 21 heavy (non-hydrogen) atoms. The number of carboxylic acids is 1. The van der Waals surface area contributed by atoms with Gasteiger partial charge in [-0.05, 0) is 38.8 Å². The molecule has 6 heteroatoms. The Hall–Kier alpha value is -1.53. The van der Waals surface area contributed by atoms with Crippen LogP contribution in [0.2, 0.25) is 0 Å². The zero-order valence-electron chi connectivity index (χ0n) is 12.8. The molecule has 1 rings (SSSR count). The molecular weight excluding hydrogens is 288 g/mol. The van der Waals surface area contributed by atoms with Crippen molar-refractivity contribution in [1.29, 1.82) is 0 Å². The number of aryl methyl sites for hydroxylation is 2. The highest BCUT2D eigenvalue weighted by molar-refractivity contribution is 8.01. The van der Waals surface area contributed by atoms with Crippen LogP contribution in [0.5, 0.6) is 0 Å². The number of amides is 1. The highest BCUT2D eigenvalue weighted by Crippen LogP contribution is 2.28. The molecule has 0 heterocycles. The Morgan fingerprint density at radius 2 is 1.86 bits per heavy atom. The molecule has 4 N–H and O–H groups in total. The Kier molecular flexibility index (Phi) is 5.80. The molecule has 0 saturated carbocycles. The Labute approximate surface area is 129 Å². The van der Waals surface area contributed by atoms with E-state index in [1.54, 1.807) is 13.8 Å². The first kappa shape index (κ1) is 17.5. The standard InChI is InChI=1S/C15H22N2O3S/c1-9-6-5-7-10(2)12(9)17-11(18)8-21-15(3,4)13(16)14(19)20/h5-7,13H,8,16H2,1-4H3,(H,17,18)(H,19,20)/t13-/m0/s1. The maximum atomic E-state index is 12.0. The summed E-state index contributed by atoms with van der Waals surface area (Å²) in [6, 6.07) is 4.78. The van der Waals surface area contributed by atoms with Crippen molar-refractivity contribution in [3.05, 3.63) is 29.3 Å². The van der Waals surface area contributed by atoms with Gasteiger partial charge in [-0.25, -0.2) is 0 Å². The lowest BCUT2D eigenvalue weighted by Crippen LogP contribution is -2.47. The van der Waals surface area contributed by atoms with Crippen molar-refractivity contribution >= 4 is 29.3 Å². The number of benzene rings is 1. The van der Waals surface area contributed by atoms with Crippen molar-refractivity contribution in [2.75, 3.05) is 11.1 Å². The fraction of sp³-hybridized carbons (Fsp3) is 0.467. The van der Waals surface area contributed by atoms with Gasteiger partial charge in [-0.3, -0.25) is 9.59 Å². The van der Waals surface area contributed by atoms with Crippen LogP contribution < -0.4 is 11.1 Å². The van der Waals surface area contributed by atoms with Crippen LogP contribution in [0.25, 0.3) is 0 Å². The largest absolute Gasteiger partial charge is 0.480 e. The third-order valence-electron chi connectivity index (χ3n) is 3.34. The second kappa shape index (κ2) is 6.95. The van der Waals surface area contributed by atoms with Gasteiger partial charge in [0.25, 0.3) is 0 Å². The molecule has 1 aromatic rings. The molecule has 1 amide bonds. The minimum Gasteiger partial charge on any atom is -0.480 e. The van der Waals surface area contributed by atoms with E-state index in [-0.39, 0.29) is 11.7 Å². The van der Waals surface area contributed by atoms with Gasteiger partial charge in [-0.15, -0.1) is 11.8 Å². The lowest BCUT2D eigenvalue weighted by Gasteiger charge is -2.27. The summed E-state index contributed by atoms with van der Waals surface area (Å²) in [7, 11) is 0. The van der Waals surface area contributed by atoms with E-state index in [4.69, 9.17) is 10.8 Å². The van der Waals surface area contributed by atoms with Gasteiger partial charge in [-0.1, -0.05) is 18.2 Å². The van der Waals surface area contributed by atoms with Crippen LogP contribution in [0.15, 0.2) is 18.2 Å². The van der Waals surface area contributed by atoms with Gasteiger partial charge in [0.15, 0.2) is 0 Å². The van der Waals surface area contributed by atoms with Gasteiger partial charge in [0.1, 0.15) is 6.04 Å². The molecule has 0 aromatic heterocycles. The molecule has 0 saturated heterocycles. The van der Waals surface area contributed by atoms with Crippen molar-refractivity contribution < 1.29 is 14.7 Å². The number of nitrogens with one attached hydrogen (secondary N) is 1. The summed E-state index contributed by atoms with van der Waals surface area (Å²) in [5.74, 6) is -1.08. The summed E-state index contributed by atoms with van der Waals surface area (Å²) in [6.45, 7) is 7.31. The highest BCUT2D eigenvalue weighted by Gasteiger charge is 2.33. The van der Waals surface area contributed by atoms with Gasteiger partial charge in [0.2, 0.25) is 5.91 Å². The molecule has 0 bridgehead atoms. The number of rotatable bonds is 6. The Balaban J connectivity index is 2.65. The smallest absolute Gasteiger partial charge is 0.321 e. The van der Waals surface area contributed by atoms with Crippen LogP contribution in [0.1, 0.15) is 25.0 Å². The minimum absolute atomic E-state index is 0.155. The molecule has 0 aliphatic heterocycles. The van der Waals surface area contributed by atoms with E-state index in [1.807, 2.05) is 32.0 Å². The lowest BCUT2D eigenvalue weighted by molar-refractivity contribution is -0.139. The molecule has 0 aliphatic carbocycles. The van der Waals surface area contributed by atoms with E-state index in [9.17, 15) is 9.59 Å². The molecule has 0 spiro atoms. The Morgan fingerprint density at radius 3 is 2.33 bits per heavy atom. The second-order valence-electron chi connectivity index (χ2n) is 5.52. The third kappa shape index (κ3) is 4.75. The molecule has 0 aliphatic rings. The van der Waals surface area contributed by atoms with Crippen molar-refractivity contribution in [1.82, 2.24) is 0 Å². The number of anilines is 1. The molecule has 116 valence electrons. The zero-order valence-corrected chi connectivity index (χ0v) is 13.6. The average molecular weight is 310 g/mol. The van der Waals surface area contributed by atoms with Crippen LogP contribution in [0, 0.1) is 13.8 Å². The number of hydrogen-bond donors (Lipinski definition) is 3. The van der Waals surface area contributed by atoms with E-state index < -0.39 is 16.8 Å². The number of para-hydroxylation sites is 1. The van der Waals surface area contributed by atoms with Gasteiger partial charge in [0, 0.05) is 10.4 Å². The zero-order chi connectivity index (χ0) is 16.2. The first-order valence-electron chi connectivity index (χ1n) is 6.63. The second-order valence-corrected chi connectivity index (χ2v) is 7.15. The molecule has 0 fully saturated rings. The van der Waals surface area contributed by atoms with E-state index in [2.05, 4.69) is 5.32 Å². The van der Waals surface area contributed by atoms with Crippen molar-refractivity contribution in [3.63, 3.8) is 0 Å². The van der Waals surface area contributed by atoms with E-state index in [0.717, 1.165) is 16.8 Å². The summed E-state index contributed by atoms with van der Waals surface area (Å²) in [5, 5.41) is 11.8. The molecule has 0 unspecified atom stereocenters. The van der Waals surface area contributed by atoms with Crippen molar-refractivity contribution in [2.45, 2.75) is 38.5 Å². The Bertz CT molecular complexity index is 523. The maximum absolute atomic E-state index is 12.0. The predicted molar refractivity (Wildman–Crippen MR) is 86.7 cm³/mol. The number of carbonyl (C=O) groups excluding carboxylic acids is 1. The molecule has 0 radical (unpaired) electrons. The fourth-order valence-corrected chi connectivity index (χ4v) is 2.68.